The number of fused-ring (bicyclic) bond motifs is 8. The summed E-state index contributed by atoms with van der Waals surface area (Å²) < 4.78 is 0. The lowest BCUT2D eigenvalue weighted by molar-refractivity contribution is 0.621. The molecule has 1 spiro atoms. The summed E-state index contributed by atoms with van der Waals surface area (Å²) in [6, 6.07) is 83.2. The molecule has 0 fully saturated rings. The lowest BCUT2D eigenvalue weighted by atomic mass is 9.65. The van der Waals surface area contributed by atoms with Crippen molar-refractivity contribution in [1.82, 2.24) is 10.6 Å². The molecule has 1 unspecified atom stereocenters. The molecule has 2 aliphatic heterocycles. The highest BCUT2D eigenvalue weighted by Crippen LogP contribution is 2.62. The van der Waals surface area contributed by atoms with Crippen LogP contribution in [0.2, 0.25) is 0 Å². The third kappa shape index (κ3) is 7.14. The van der Waals surface area contributed by atoms with E-state index in [9.17, 15) is 0 Å². The quantitative estimate of drug-likeness (QED) is 0.128. The predicted molar refractivity (Wildman–Crippen MR) is 282 cm³/mol. The number of benzene rings is 9. The molecule has 0 aromatic heterocycles. The fraction of sp³-hybridized carbons (Fsp3) is 0.0625. The molecule has 9 aromatic carbocycles. The SMILES string of the molecule is N/C(=C\C(NCc1ccccc1)c1ccc(-c2ccccc2)cc1)c1cccc(-c2cccc(-c3ccc4c(c3)C3(C5=C4C=CCN5)c4ccccc4N(c4ccccc4)c4ccccc43)c2)c1. The van der Waals surface area contributed by atoms with Gasteiger partial charge in [0.25, 0.3) is 0 Å². The Balaban J connectivity index is 0.908. The predicted octanol–water partition coefficient (Wildman–Crippen LogP) is 14.5. The first-order chi connectivity index (χ1) is 33.6. The molecule has 1 atom stereocenters. The van der Waals surface area contributed by atoms with Crippen LogP contribution in [0.3, 0.4) is 0 Å². The van der Waals surface area contributed by atoms with Gasteiger partial charge in [-0.05, 0) is 121 Å². The largest absolute Gasteiger partial charge is 0.398 e. The number of hydrogen-bond donors (Lipinski definition) is 3. The molecule has 68 heavy (non-hydrogen) atoms. The zero-order chi connectivity index (χ0) is 45.4. The van der Waals surface area contributed by atoms with E-state index in [0.717, 1.165) is 45.7 Å². The zero-order valence-corrected chi connectivity index (χ0v) is 37.7. The van der Waals surface area contributed by atoms with Gasteiger partial charge in [-0.25, -0.2) is 0 Å². The number of hydrogen-bond acceptors (Lipinski definition) is 4. The van der Waals surface area contributed by atoms with Crippen molar-refractivity contribution in [2.24, 2.45) is 5.73 Å². The monoisotopic (exact) mass is 874 g/mol. The van der Waals surface area contributed by atoms with Crippen LogP contribution in [0, 0.1) is 0 Å². The van der Waals surface area contributed by atoms with Crippen LogP contribution >= 0.6 is 0 Å². The molecule has 0 radical (unpaired) electrons. The fourth-order valence-corrected chi connectivity index (χ4v) is 10.8. The number of nitrogens with zero attached hydrogens (tertiary/aromatic N) is 1. The Kier molecular flexibility index (Phi) is 10.5. The lowest BCUT2D eigenvalue weighted by Gasteiger charge is -2.46. The summed E-state index contributed by atoms with van der Waals surface area (Å²) in [6.07, 6.45) is 6.73. The molecule has 0 amide bonds. The van der Waals surface area contributed by atoms with Crippen LogP contribution in [0.4, 0.5) is 17.1 Å². The van der Waals surface area contributed by atoms with Gasteiger partial charge in [0, 0.05) is 35.7 Å². The maximum absolute atomic E-state index is 7.07. The van der Waals surface area contributed by atoms with Gasteiger partial charge < -0.3 is 21.3 Å². The van der Waals surface area contributed by atoms with Crippen molar-refractivity contribution in [1.29, 1.82) is 0 Å². The molecular formula is C64H50N4. The van der Waals surface area contributed by atoms with Gasteiger partial charge in [0.05, 0.1) is 22.8 Å². The van der Waals surface area contributed by atoms with E-state index in [1.807, 2.05) is 0 Å². The van der Waals surface area contributed by atoms with E-state index < -0.39 is 5.41 Å². The highest BCUT2D eigenvalue weighted by Gasteiger charge is 2.53. The molecule has 12 rings (SSSR count). The topological polar surface area (TPSA) is 53.3 Å². The first-order valence-electron chi connectivity index (χ1n) is 23.6. The average Bonchev–Trinajstić information content (AvgIpc) is 3.70. The van der Waals surface area contributed by atoms with Crippen molar-refractivity contribution in [3.8, 4) is 33.4 Å². The van der Waals surface area contributed by atoms with Gasteiger partial charge in [-0.3, -0.25) is 0 Å². The Hall–Kier alpha value is -8.44. The standard InChI is InChI=1S/C64H50N4/c65-59(42-60(67-43-44-17-4-1-5-18-44)47-34-32-46(33-35-47)45-19-6-2-7-20-45)52-24-15-23-50(40-52)48-21-14-22-49(39-48)51-36-37-54-55-27-16-38-66-63(55)64(58(54)41-51)56-28-10-12-30-61(56)68(53-25-8-3-9-26-53)62-31-13-11-29-57(62)64/h1-37,39-42,60,66-67H,38,43,65H2/b59-42-. The second-order valence-electron chi connectivity index (χ2n) is 17.9. The first kappa shape index (κ1) is 41.0. The second kappa shape index (κ2) is 17.4. The van der Waals surface area contributed by atoms with Crippen molar-refractivity contribution in [2.45, 2.75) is 18.0 Å². The summed E-state index contributed by atoms with van der Waals surface area (Å²) in [6.45, 7) is 1.49. The normalized spacial score (nSPS) is 14.7. The molecule has 4 heteroatoms. The molecule has 0 saturated carbocycles. The fourth-order valence-electron chi connectivity index (χ4n) is 10.8. The first-order valence-corrected chi connectivity index (χ1v) is 23.6. The number of allylic oxidation sites excluding steroid dienone is 3. The highest BCUT2D eigenvalue weighted by atomic mass is 15.2. The van der Waals surface area contributed by atoms with E-state index in [2.05, 4.69) is 264 Å². The second-order valence-corrected chi connectivity index (χ2v) is 17.9. The maximum Gasteiger partial charge on any atom is 0.0901 e. The number of rotatable bonds is 10. The summed E-state index contributed by atoms with van der Waals surface area (Å²) in [5.41, 5.74) is 28.7. The van der Waals surface area contributed by atoms with Gasteiger partial charge in [0.15, 0.2) is 0 Å². The van der Waals surface area contributed by atoms with Gasteiger partial charge in [0.2, 0.25) is 0 Å². The number of nitrogens with one attached hydrogen (secondary N) is 2. The van der Waals surface area contributed by atoms with Crippen LogP contribution in [-0.2, 0) is 12.0 Å². The van der Waals surface area contributed by atoms with E-state index in [1.54, 1.807) is 0 Å². The third-order valence-corrected chi connectivity index (χ3v) is 14.0. The third-order valence-electron chi connectivity index (χ3n) is 14.0. The van der Waals surface area contributed by atoms with E-state index in [-0.39, 0.29) is 6.04 Å². The Morgan fingerprint density at radius 3 is 1.81 bits per heavy atom. The van der Waals surface area contributed by atoms with Crippen LogP contribution in [0.1, 0.15) is 45.0 Å². The Morgan fingerprint density at radius 2 is 1.10 bits per heavy atom. The average molecular weight is 875 g/mol. The number of nitrogens with two attached hydrogens (primary N) is 1. The molecule has 2 heterocycles. The van der Waals surface area contributed by atoms with Crippen LogP contribution in [0.25, 0.3) is 44.7 Å². The zero-order valence-electron chi connectivity index (χ0n) is 37.7. The van der Waals surface area contributed by atoms with Crippen LogP contribution < -0.4 is 21.3 Å². The van der Waals surface area contributed by atoms with Crippen molar-refractivity contribution in [3.05, 3.63) is 293 Å². The van der Waals surface area contributed by atoms with E-state index >= 15 is 0 Å². The minimum Gasteiger partial charge on any atom is -0.398 e. The Labute approximate surface area is 399 Å². The van der Waals surface area contributed by atoms with Crippen molar-refractivity contribution >= 4 is 28.3 Å². The van der Waals surface area contributed by atoms with Gasteiger partial charge in [0.1, 0.15) is 0 Å². The molecule has 326 valence electrons. The van der Waals surface area contributed by atoms with E-state index in [1.165, 1.54) is 67.2 Å². The summed E-state index contributed by atoms with van der Waals surface area (Å²) in [5, 5.41) is 7.72. The van der Waals surface area contributed by atoms with Crippen molar-refractivity contribution in [2.75, 3.05) is 11.4 Å². The van der Waals surface area contributed by atoms with Crippen molar-refractivity contribution in [3.63, 3.8) is 0 Å². The Bertz CT molecular complexity index is 3360. The van der Waals surface area contributed by atoms with E-state index in [0.29, 0.717) is 6.54 Å². The molecule has 1 aliphatic carbocycles. The number of anilines is 3. The van der Waals surface area contributed by atoms with Gasteiger partial charge in [-0.15, -0.1) is 0 Å². The summed E-state index contributed by atoms with van der Waals surface area (Å²) >= 11 is 0. The highest BCUT2D eigenvalue weighted by molar-refractivity contribution is 5.98. The smallest absolute Gasteiger partial charge is 0.0901 e. The molecule has 3 aliphatic rings. The molecule has 4 nitrogen and oxygen atoms in total. The molecule has 0 bridgehead atoms. The van der Waals surface area contributed by atoms with Crippen LogP contribution in [0.5, 0.6) is 0 Å². The van der Waals surface area contributed by atoms with Gasteiger partial charge in [-0.1, -0.05) is 200 Å². The minimum atomic E-state index is -0.544. The van der Waals surface area contributed by atoms with Crippen molar-refractivity contribution < 1.29 is 0 Å². The molecular weight excluding hydrogens is 825 g/mol. The van der Waals surface area contributed by atoms with Gasteiger partial charge >= 0.3 is 0 Å². The molecule has 9 aromatic rings. The van der Waals surface area contributed by atoms with Crippen LogP contribution in [-0.4, -0.2) is 6.54 Å². The van der Waals surface area contributed by atoms with Crippen LogP contribution in [0.15, 0.2) is 254 Å². The Morgan fingerprint density at radius 1 is 0.544 bits per heavy atom. The molecule has 0 saturated heterocycles. The van der Waals surface area contributed by atoms with Gasteiger partial charge in [-0.2, -0.15) is 0 Å². The lowest BCUT2D eigenvalue weighted by Crippen LogP contribution is -2.41. The molecule has 4 N–H and O–H groups in total. The maximum atomic E-state index is 7.07. The van der Waals surface area contributed by atoms with E-state index in [4.69, 9.17) is 5.73 Å². The summed E-state index contributed by atoms with van der Waals surface area (Å²) in [4.78, 5) is 2.43. The summed E-state index contributed by atoms with van der Waals surface area (Å²) in [5.74, 6) is 0. The minimum absolute atomic E-state index is 0.106. The summed E-state index contributed by atoms with van der Waals surface area (Å²) in [7, 11) is 0. The number of para-hydroxylation sites is 3. The number of dihydropyridines is 1.